The van der Waals surface area contributed by atoms with Gasteiger partial charge in [-0.1, -0.05) is 26.7 Å². The van der Waals surface area contributed by atoms with Gasteiger partial charge in [0.1, 0.15) is 0 Å². The predicted octanol–water partition coefficient (Wildman–Crippen LogP) is 1.62. The average Bonchev–Trinajstić information content (AvgIpc) is 2.61. The molecule has 0 aromatic rings. The molecule has 88 valence electrons. The lowest BCUT2D eigenvalue weighted by atomic mass is 9.94. The van der Waals surface area contributed by atoms with Crippen LogP contribution in [0.25, 0.3) is 0 Å². The summed E-state index contributed by atoms with van der Waals surface area (Å²) in [5.74, 6) is 1.31. The van der Waals surface area contributed by atoms with Gasteiger partial charge in [-0.05, 0) is 25.3 Å². The molecule has 0 spiro atoms. The summed E-state index contributed by atoms with van der Waals surface area (Å²) in [6.07, 6.45) is 2.95. The Kier molecular flexibility index (Phi) is 4.58. The van der Waals surface area contributed by atoms with Crippen LogP contribution in [0, 0.1) is 11.8 Å². The number of likely N-dealkylation sites (tertiary alicyclic amines) is 1. The monoisotopic (exact) mass is 212 g/mol. The fourth-order valence-electron chi connectivity index (χ4n) is 2.59. The largest absolute Gasteiger partial charge is 0.339 e. The molecule has 15 heavy (non-hydrogen) atoms. The molecule has 2 atom stereocenters. The number of hydrogen-bond acceptors (Lipinski definition) is 2. The van der Waals surface area contributed by atoms with E-state index in [2.05, 4.69) is 20.8 Å². The molecule has 0 saturated carbocycles. The van der Waals surface area contributed by atoms with Gasteiger partial charge in [0.2, 0.25) is 5.91 Å². The predicted molar refractivity (Wildman–Crippen MR) is 62.4 cm³/mol. The van der Waals surface area contributed by atoms with Crippen molar-refractivity contribution in [1.82, 2.24) is 4.90 Å². The molecule has 1 saturated heterocycles. The van der Waals surface area contributed by atoms with Crippen LogP contribution in [0.5, 0.6) is 0 Å². The quantitative estimate of drug-likeness (QED) is 0.752. The first-order chi connectivity index (χ1) is 7.13. The molecular formula is C12H24N2O. The molecule has 1 rings (SSSR count). The molecule has 3 heteroatoms. The Hall–Kier alpha value is -0.570. The topological polar surface area (TPSA) is 46.3 Å². The summed E-state index contributed by atoms with van der Waals surface area (Å²) in [7, 11) is 0. The van der Waals surface area contributed by atoms with E-state index in [0.29, 0.717) is 36.8 Å². The third-order valence-electron chi connectivity index (χ3n) is 3.79. The van der Waals surface area contributed by atoms with Gasteiger partial charge in [-0.3, -0.25) is 4.79 Å². The maximum Gasteiger partial charge on any atom is 0.223 e. The highest BCUT2D eigenvalue weighted by atomic mass is 16.2. The fourth-order valence-corrected chi connectivity index (χ4v) is 2.59. The second-order valence-electron chi connectivity index (χ2n) is 4.67. The van der Waals surface area contributed by atoms with Crippen LogP contribution in [0.4, 0.5) is 0 Å². The third kappa shape index (κ3) is 2.71. The molecule has 2 N–H and O–H groups in total. The number of hydrogen-bond donors (Lipinski definition) is 1. The van der Waals surface area contributed by atoms with Gasteiger partial charge in [0.25, 0.3) is 0 Å². The number of carbonyl (C=O) groups is 1. The van der Waals surface area contributed by atoms with E-state index < -0.39 is 0 Å². The van der Waals surface area contributed by atoms with Crippen molar-refractivity contribution in [1.29, 1.82) is 0 Å². The van der Waals surface area contributed by atoms with E-state index in [9.17, 15) is 4.79 Å². The van der Waals surface area contributed by atoms with Crippen molar-refractivity contribution in [3.63, 3.8) is 0 Å². The summed E-state index contributed by atoms with van der Waals surface area (Å²) in [6.45, 7) is 8.08. The number of nitrogens with two attached hydrogens (primary N) is 1. The van der Waals surface area contributed by atoms with Crippen LogP contribution >= 0.6 is 0 Å². The lowest BCUT2D eigenvalue weighted by Crippen LogP contribution is -2.39. The fraction of sp³-hybridized carbons (Fsp3) is 0.917. The highest BCUT2D eigenvalue weighted by molar-refractivity contribution is 5.79. The van der Waals surface area contributed by atoms with Gasteiger partial charge in [0, 0.05) is 19.0 Å². The van der Waals surface area contributed by atoms with E-state index in [4.69, 9.17) is 5.73 Å². The van der Waals surface area contributed by atoms with Crippen LogP contribution in [-0.2, 0) is 4.79 Å². The third-order valence-corrected chi connectivity index (χ3v) is 3.79. The van der Waals surface area contributed by atoms with Crippen LogP contribution in [0.2, 0.25) is 0 Å². The first kappa shape index (κ1) is 12.5. The highest BCUT2D eigenvalue weighted by Gasteiger charge is 2.33. The van der Waals surface area contributed by atoms with Gasteiger partial charge in [-0.2, -0.15) is 0 Å². The van der Waals surface area contributed by atoms with Gasteiger partial charge in [-0.15, -0.1) is 0 Å². The molecule has 0 aliphatic carbocycles. The Morgan fingerprint density at radius 3 is 2.47 bits per heavy atom. The lowest BCUT2D eigenvalue weighted by Gasteiger charge is -2.31. The maximum absolute atomic E-state index is 11.8. The van der Waals surface area contributed by atoms with Crippen LogP contribution in [0.1, 0.15) is 40.0 Å². The van der Waals surface area contributed by atoms with Gasteiger partial charge in [0.15, 0.2) is 0 Å². The van der Waals surface area contributed by atoms with E-state index in [1.165, 1.54) is 0 Å². The normalized spacial score (nSPS) is 23.9. The summed E-state index contributed by atoms with van der Waals surface area (Å²) < 4.78 is 0. The molecule has 3 nitrogen and oxygen atoms in total. The van der Waals surface area contributed by atoms with E-state index in [1.807, 2.05) is 4.90 Å². The van der Waals surface area contributed by atoms with Gasteiger partial charge in [-0.25, -0.2) is 0 Å². The smallest absolute Gasteiger partial charge is 0.223 e. The Bertz CT molecular complexity index is 214. The molecule has 1 heterocycles. The standard InChI is InChI=1S/C12H24N2O/c1-4-11(5-2)9(3)14-8-10(7-13)6-12(14)15/h9-11H,4-8,13H2,1-3H3. The van der Waals surface area contributed by atoms with E-state index >= 15 is 0 Å². The minimum absolute atomic E-state index is 0.296. The number of nitrogens with zero attached hydrogens (tertiary/aromatic N) is 1. The zero-order valence-electron chi connectivity index (χ0n) is 10.2. The van der Waals surface area contributed by atoms with Gasteiger partial charge >= 0.3 is 0 Å². The summed E-state index contributed by atoms with van der Waals surface area (Å²) in [4.78, 5) is 13.8. The summed E-state index contributed by atoms with van der Waals surface area (Å²) in [5, 5.41) is 0. The summed E-state index contributed by atoms with van der Waals surface area (Å²) in [6, 6.07) is 0.379. The van der Waals surface area contributed by atoms with E-state index in [-0.39, 0.29) is 0 Å². The summed E-state index contributed by atoms with van der Waals surface area (Å²) >= 11 is 0. The molecule has 1 aliphatic heterocycles. The summed E-state index contributed by atoms with van der Waals surface area (Å²) in [5.41, 5.74) is 5.62. The number of amides is 1. The molecule has 0 aromatic carbocycles. The second-order valence-corrected chi connectivity index (χ2v) is 4.67. The molecule has 2 unspecified atom stereocenters. The molecule has 0 bridgehead atoms. The Balaban J connectivity index is 2.59. The lowest BCUT2D eigenvalue weighted by molar-refractivity contribution is -0.130. The zero-order chi connectivity index (χ0) is 11.4. The van der Waals surface area contributed by atoms with Crippen molar-refractivity contribution in [3.05, 3.63) is 0 Å². The molecule has 1 fully saturated rings. The number of rotatable bonds is 5. The Morgan fingerprint density at radius 1 is 1.47 bits per heavy atom. The molecule has 1 aliphatic rings. The molecule has 0 aromatic heterocycles. The van der Waals surface area contributed by atoms with Crippen LogP contribution in [0.3, 0.4) is 0 Å². The van der Waals surface area contributed by atoms with E-state index in [1.54, 1.807) is 0 Å². The minimum atomic E-state index is 0.296. The van der Waals surface area contributed by atoms with Crippen molar-refractivity contribution >= 4 is 5.91 Å². The van der Waals surface area contributed by atoms with Crippen molar-refractivity contribution in [2.45, 2.75) is 46.1 Å². The Labute approximate surface area is 93.0 Å². The first-order valence-corrected chi connectivity index (χ1v) is 6.13. The molecule has 0 radical (unpaired) electrons. The van der Waals surface area contributed by atoms with Crippen molar-refractivity contribution in [2.24, 2.45) is 17.6 Å². The minimum Gasteiger partial charge on any atom is -0.339 e. The zero-order valence-corrected chi connectivity index (χ0v) is 10.2. The molecular weight excluding hydrogens is 188 g/mol. The number of carbonyl (C=O) groups excluding carboxylic acids is 1. The average molecular weight is 212 g/mol. The maximum atomic E-state index is 11.8. The van der Waals surface area contributed by atoms with E-state index in [0.717, 1.165) is 19.4 Å². The van der Waals surface area contributed by atoms with Gasteiger partial charge < -0.3 is 10.6 Å². The Morgan fingerprint density at radius 2 is 2.07 bits per heavy atom. The molecule has 1 amide bonds. The second kappa shape index (κ2) is 5.50. The van der Waals surface area contributed by atoms with Crippen molar-refractivity contribution < 1.29 is 4.79 Å². The van der Waals surface area contributed by atoms with Crippen LogP contribution < -0.4 is 5.73 Å². The highest BCUT2D eigenvalue weighted by Crippen LogP contribution is 2.25. The SMILES string of the molecule is CCC(CC)C(C)N1CC(CN)CC1=O. The van der Waals surface area contributed by atoms with Gasteiger partial charge in [0.05, 0.1) is 0 Å². The van der Waals surface area contributed by atoms with Crippen LogP contribution in [0.15, 0.2) is 0 Å². The van der Waals surface area contributed by atoms with Crippen molar-refractivity contribution in [3.8, 4) is 0 Å². The first-order valence-electron chi connectivity index (χ1n) is 6.13. The van der Waals surface area contributed by atoms with Crippen LogP contribution in [-0.4, -0.2) is 29.9 Å². The van der Waals surface area contributed by atoms with Crippen molar-refractivity contribution in [2.75, 3.05) is 13.1 Å².